The molecule has 0 aromatic rings. The third-order valence-corrected chi connectivity index (χ3v) is 5.32. The lowest BCUT2D eigenvalue weighted by Gasteiger charge is -2.55. The summed E-state index contributed by atoms with van der Waals surface area (Å²) in [6, 6.07) is 0.581. The van der Waals surface area contributed by atoms with E-state index in [1.165, 1.54) is 6.26 Å². The molecule has 5 heteroatoms. The van der Waals surface area contributed by atoms with Gasteiger partial charge in [0.05, 0.1) is 5.25 Å². The first-order valence-electron chi connectivity index (χ1n) is 5.86. The van der Waals surface area contributed by atoms with Gasteiger partial charge in [0.15, 0.2) is 9.84 Å². The van der Waals surface area contributed by atoms with Crippen molar-refractivity contribution < 1.29 is 8.42 Å². The molecule has 2 fully saturated rings. The van der Waals surface area contributed by atoms with Crippen LogP contribution in [0.5, 0.6) is 0 Å². The standard InChI is InChI=1S/C11H22N2O2S/c1-11(2,3)13-5-9(6-13)12-7-10(8-12)16(4,14)15/h9-10H,5-8H2,1-4H3. The minimum atomic E-state index is -2.81. The molecule has 2 rings (SSSR count). The highest BCUT2D eigenvalue weighted by atomic mass is 32.2. The average Bonchev–Trinajstić information content (AvgIpc) is 1.83. The Morgan fingerprint density at radius 3 is 1.94 bits per heavy atom. The van der Waals surface area contributed by atoms with E-state index in [1.54, 1.807) is 0 Å². The lowest BCUT2D eigenvalue weighted by molar-refractivity contribution is -0.0423. The number of hydrogen-bond acceptors (Lipinski definition) is 4. The molecular weight excluding hydrogens is 224 g/mol. The summed E-state index contributed by atoms with van der Waals surface area (Å²) in [6.07, 6.45) is 1.34. The fourth-order valence-electron chi connectivity index (χ4n) is 2.27. The normalized spacial score (nSPS) is 26.5. The van der Waals surface area contributed by atoms with Crippen LogP contribution < -0.4 is 0 Å². The van der Waals surface area contributed by atoms with Crippen LogP contribution in [-0.4, -0.2) is 67.5 Å². The highest BCUT2D eigenvalue weighted by Crippen LogP contribution is 2.28. The lowest BCUT2D eigenvalue weighted by atomic mass is 9.95. The fourth-order valence-corrected chi connectivity index (χ4v) is 3.20. The molecule has 0 radical (unpaired) electrons. The molecule has 4 nitrogen and oxygen atoms in total. The van der Waals surface area contributed by atoms with E-state index in [0.717, 1.165) is 26.2 Å². The van der Waals surface area contributed by atoms with Crippen molar-refractivity contribution in [3.8, 4) is 0 Å². The highest BCUT2D eigenvalue weighted by molar-refractivity contribution is 7.91. The Morgan fingerprint density at radius 1 is 1.06 bits per heavy atom. The molecule has 16 heavy (non-hydrogen) atoms. The fraction of sp³-hybridized carbons (Fsp3) is 1.00. The van der Waals surface area contributed by atoms with Crippen LogP contribution in [0.4, 0.5) is 0 Å². The number of sulfone groups is 1. The summed E-state index contributed by atoms with van der Waals surface area (Å²) < 4.78 is 22.5. The van der Waals surface area contributed by atoms with Crippen LogP contribution in [-0.2, 0) is 9.84 Å². The van der Waals surface area contributed by atoms with Gasteiger partial charge in [-0.25, -0.2) is 8.42 Å². The summed E-state index contributed by atoms with van der Waals surface area (Å²) in [5, 5.41) is -0.115. The first kappa shape index (κ1) is 12.3. The van der Waals surface area contributed by atoms with E-state index in [9.17, 15) is 8.42 Å². The quantitative estimate of drug-likeness (QED) is 0.698. The van der Waals surface area contributed by atoms with Crippen molar-refractivity contribution in [2.24, 2.45) is 0 Å². The molecule has 2 aliphatic rings. The summed E-state index contributed by atoms with van der Waals surface area (Å²) in [5.41, 5.74) is 0.248. The van der Waals surface area contributed by atoms with Crippen molar-refractivity contribution in [2.75, 3.05) is 32.4 Å². The van der Waals surface area contributed by atoms with Crippen LogP contribution in [0.3, 0.4) is 0 Å². The number of likely N-dealkylation sites (tertiary alicyclic amines) is 2. The van der Waals surface area contributed by atoms with Gasteiger partial charge in [0.1, 0.15) is 0 Å². The molecule has 0 aliphatic carbocycles. The molecule has 0 spiro atoms. The Kier molecular flexibility index (Phi) is 2.84. The van der Waals surface area contributed by atoms with E-state index in [-0.39, 0.29) is 10.8 Å². The monoisotopic (exact) mass is 246 g/mol. The molecule has 0 N–H and O–H groups in total. The molecule has 0 bridgehead atoms. The van der Waals surface area contributed by atoms with E-state index >= 15 is 0 Å². The van der Waals surface area contributed by atoms with Gasteiger partial charge in [0, 0.05) is 44.0 Å². The molecule has 94 valence electrons. The molecule has 0 atom stereocenters. The molecule has 2 aliphatic heterocycles. The second-order valence-electron chi connectivity index (χ2n) is 6.14. The van der Waals surface area contributed by atoms with Crippen molar-refractivity contribution in [3.05, 3.63) is 0 Å². The van der Waals surface area contributed by atoms with Crippen LogP contribution in [0.15, 0.2) is 0 Å². The van der Waals surface area contributed by atoms with E-state index in [1.807, 2.05) is 0 Å². The first-order valence-corrected chi connectivity index (χ1v) is 7.81. The largest absolute Gasteiger partial charge is 0.295 e. The zero-order chi connectivity index (χ0) is 12.1. The molecule has 0 saturated carbocycles. The maximum absolute atomic E-state index is 11.3. The summed E-state index contributed by atoms with van der Waals surface area (Å²) in [6.45, 7) is 10.3. The summed E-state index contributed by atoms with van der Waals surface area (Å²) >= 11 is 0. The molecule has 2 saturated heterocycles. The zero-order valence-electron chi connectivity index (χ0n) is 10.6. The van der Waals surface area contributed by atoms with Gasteiger partial charge in [-0.05, 0) is 20.8 Å². The van der Waals surface area contributed by atoms with Crippen molar-refractivity contribution in [2.45, 2.75) is 37.6 Å². The van der Waals surface area contributed by atoms with Gasteiger partial charge < -0.3 is 0 Å². The SMILES string of the molecule is CC(C)(C)N1CC(N2CC(S(C)(=O)=O)C2)C1. The zero-order valence-corrected chi connectivity index (χ0v) is 11.4. The Labute approximate surface area is 98.5 Å². The Balaban J connectivity index is 1.76. The number of rotatable bonds is 2. The van der Waals surface area contributed by atoms with Crippen molar-refractivity contribution in [1.29, 1.82) is 0 Å². The Bertz CT molecular complexity index is 360. The van der Waals surface area contributed by atoms with Gasteiger partial charge in [0.2, 0.25) is 0 Å². The van der Waals surface area contributed by atoms with E-state index in [2.05, 4.69) is 30.6 Å². The van der Waals surface area contributed by atoms with Gasteiger partial charge in [-0.2, -0.15) is 0 Å². The lowest BCUT2D eigenvalue weighted by Crippen LogP contribution is -2.70. The second-order valence-corrected chi connectivity index (χ2v) is 8.46. The number of nitrogens with zero attached hydrogens (tertiary/aromatic N) is 2. The van der Waals surface area contributed by atoms with Gasteiger partial charge in [-0.15, -0.1) is 0 Å². The molecule has 0 amide bonds. The van der Waals surface area contributed by atoms with Gasteiger partial charge in [-0.1, -0.05) is 0 Å². The molecule has 0 aromatic carbocycles. The van der Waals surface area contributed by atoms with Crippen LogP contribution in [0.1, 0.15) is 20.8 Å². The van der Waals surface area contributed by atoms with Gasteiger partial charge in [0.25, 0.3) is 0 Å². The van der Waals surface area contributed by atoms with Crippen LogP contribution in [0.25, 0.3) is 0 Å². The van der Waals surface area contributed by atoms with Crippen molar-refractivity contribution >= 4 is 9.84 Å². The maximum atomic E-state index is 11.3. The van der Waals surface area contributed by atoms with Crippen molar-refractivity contribution in [1.82, 2.24) is 9.80 Å². The minimum Gasteiger partial charge on any atom is -0.295 e. The smallest absolute Gasteiger partial charge is 0.152 e. The summed E-state index contributed by atoms with van der Waals surface area (Å²) in [7, 11) is -2.81. The highest BCUT2D eigenvalue weighted by Gasteiger charge is 2.44. The van der Waals surface area contributed by atoms with Crippen molar-refractivity contribution in [3.63, 3.8) is 0 Å². The Morgan fingerprint density at radius 2 is 1.56 bits per heavy atom. The summed E-state index contributed by atoms with van der Waals surface area (Å²) in [4.78, 5) is 4.74. The third kappa shape index (κ3) is 2.26. The predicted molar refractivity (Wildman–Crippen MR) is 65.3 cm³/mol. The molecule has 2 heterocycles. The summed E-state index contributed by atoms with van der Waals surface area (Å²) in [5.74, 6) is 0. The minimum absolute atomic E-state index is 0.115. The average molecular weight is 246 g/mol. The molecule has 0 aromatic heterocycles. The van der Waals surface area contributed by atoms with Crippen LogP contribution >= 0.6 is 0 Å². The predicted octanol–water partition coefficient (Wildman–Crippen LogP) is 0.198. The van der Waals surface area contributed by atoms with Gasteiger partial charge in [-0.3, -0.25) is 9.80 Å². The Hall–Kier alpha value is -0.130. The van der Waals surface area contributed by atoms with Crippen LogP contribution in [0.2, 0.25) is 0 Å². The molecular formula is C11H22N2O2S. The maximum Gasteiger partial charge on any atom is 0.152 e. The third-order valence-electron chi connectivity index (χ3n) is 3.81. The van der Waals surface area contributed by atoms with E-state index in [0.29, 0.717) is 6.04 Å². The topological polar surface area (TPSA) is 40.6 Å². The van der Waals surface area contributed by atoms with E-state index in [4.69, 9.17) is 0 Å². The van der Waals surface area contributed by atoms with E-state index < -0.39 is 9.84 Å². The number of hydrogen-bond donors (Lipinski definition) is 0. The van der Waals surface area contributed by atoms with Gasteiger partial charge >= 0.3 is 0 Å². The second kappa shape index (κ2) is 3.68. The first-order chi connectivity index (χ1) is 7.18. The molecule has 0 unspecified atom stereocenters. The van der Waals surface area contributed by atoms with Crippen LogP contribution in [0, 0.1) is 0 Å².